The smallest absolute Gasteiger partial charge is 0.326 e. The molecule has 3 amide bonds. The highest BCUT2D eigenvalue weighted by Gasteiger charge is 2.30. The van der Waals surface area contributed by atoms with Gasteiger partial charge in [0.1, 0.15) is 17.3 Å². The van der Waals surface area contributed by atoms with E-state index in [1.54, 1.807) is 20.3 Å². The second-order valence-electron chi connectivity index (χ2n) is 6.72. The molecule has 2 N–H and O–H groups in total. The maximum atomic E-state index is 13.6. The van der Waals surface area contributed by atoms with Gasteiger partial charge in [-0.3, -0.25) is 15.0 Å². The van der Waals surface area contributed by atoms with Gasteiger partial charge in [0.15, 0.2) is 0 Å². The predicted octanol–water partition coefficient (Wildman–Crippen LogP) is 3.33. The quantitative estimate of drug-likeness (QED) is 0.776. The number of anilines is 1. The number of methoxy groups -OCH3 is 2. The maximum absolute atomic E-state index is 13.6. The molecule has 1 aliphatic heterocycles. The van der Waals surface area contributed by atoms with Crippen molar-refractivity contribution in [3.05, 3.63) is 53.8 Å². The molecule has 1 fully saturated rings. The van der Waals surface area contributed by atoms with Crippen molar-refractivity contribution in [2.24, 2.45) is 0 Å². The highest BCUT2D eigenvalue weighted by atomic mass is 19.1. The van der Waals surface area contributed by atoms with Crippen LogP contribution in [0.25, 0.3) is 0 Å². The Morgan fingerprint density at radius 2 is 1.97 bits per heavy atom. The van der Waals surface area contributed by atoms with Crippen LogP contribution in [0.5, 0.6) is 11.5 Å². The molecule has 2 aromatic rings. The van der Waals surface area contributed by atoms with Crippen LogP contribution >= 0.6 is 0 Å². The Kier molecular flexibility index (Phi) is 6.66. The number of nitrogens with one attached hydrogen (secondary N) is 2. The molecule has 0 unspecified atom stereocenters. The molecule has 0 spiro atoms. The minimum absolute atomic E-state index is 0.0120. The summed E-state index contributed by atoms with van der Waals surface area (Å²) in [5.41, 5.74) is 0.950. The third kappa shape index (κ3) is 5.03. The first-order valence-electron chi connectivity index (χ1n) is 9.33. The Morgan fingerprint density at radius 1 is 1.17 bits per heavy atom. The number of halogens is 1. The number of para-hydroxylation sites is 1. The minimum atomic E-state index is -0.769. The fourth-order valence-electron chi connectivity index (χ4n) is 3.53. The Hall–Kier alpha value is -3.13. The number of ether oxygens (including phenoxy) is 2. The minimum Gasteiger partial charge on any atom is -0.497 e. The van der Waals surface area contributed by atoms with Crippen LogP contribution in [0.2, 0.25) is 0 Å². The number of nitrogens with zero attached hydrogens (tertiary/aromatic N) is 1. The first-order chi connectivity index (χ1) is 14.0. The number of urea groups is 1. The molecule has 0 bridgehead atoms. The molecule has 0 aromatic heterocycles. The molecule has 1 aliphatic rings. The highest BCUT2D eigenvalue weighted by Crippen LogP contribution is 2.38. The largest absolute Gasteiger partial charge is 0.497 e. The first-order valence-corrected chi connectivity index (χ1v) is 9.33. The predicted molar refractivity (Wildman–Crippen MR) is 107 cm³/mol. The fraction of sp³-hybridized carbons (Fsp3) is 0.333. The van der Waals surface area contributed by atoms with Crippen LogP contribution in [0, 0.1) is 5.82 Å². The van der Waals surface area contributed by atoms with E-state index in [1.165, 1.54) is 18.2 Å². The van der Waals surface area contributed by atoms with Gasteiger partial charge in [-0.1, -0.05) is 12.1 Å². The third-order valence-electron chi connectivity index (χ3n) is 4.88. The third-order valence-corrected chi connectivity index (χ3v) is 4.88. The van der Waals surface area contributed by atoms with Gasteiger partial charge in [-0.2, -0.15) is 0 Å². The Balaban J connectivity index is 1.64. The molecule has 2 aromatic carbocycles. The van der Waals surface area contributed by atoms with Crippen molar-refractivity contribution in [3.8, 4) is 11.5 Å². The SMILES string of the molecule is COc1ccc(OC)c([C@@H]2CCCN2CC(=O)NC(=O)Nc2ccccc2F)c1. The van der Waals surface area contributed by atoms with Crippen molar-refractivity contribution in [2.45, 2.75) is 18.9 Å². The van der Waals surface area contributed by atoms with Crippen LogP contribution in [0.1, 0.15) is 24.4 Å². The van der Waals surface area contributed by atoms with Gasteiger partial charge in [-0.15, -0.1) is 0 Å². The van der Waals surface area contributed by atoms with E-state index in [4.69, 9.17) is 9.47 Å². The van der Waals surface area contributed by atoms with Gasteiger partial charge < -0.3 is 14.8 Å². The van der Waals surface area contributed by atoms with E-state index < -0.39 is 17.8 Å². The van der Waals surface area contributed by atoms with Crippen molar-refractivity contribution in [1.29, 1.82) is 0 Å². The average Bonchev–Trinajstić information content (AvgIpc) is 3.16. The van der Waals surface area contributed by atoms with E-state index in [0.717, 1.165) is 24.2 Å². The summed E-state index contributed by atoms with van der Waals surface area (Å²) >= 11 is 0. The second-order valence-corrected chi connectivity index (χ2v) is 6.72. The summed E-state index contributed by atoms with van der Waals surface area (Å²) in [4.78, 5) is 26.4. The van der Waals surface area contributed by atoms with Crippen molar-refractivity contribution < 1.29 is 23.5 Å². The van der Waals surface area contributed by atoms with Crippen molar-refractivity contribution in [2.75, 3.05) is 32.6 Å². The average molecular weight is 401 g/mol. The van der Waals surface area contributed by atoms with Gasteiger partial charge in [0.05, 0.1) is 26.5 Å². The van der Waals surface area contributed by atoms with Gasteiger partial charge >= 0.3 is 6.03 Å². The molecular weight excluding hydrogens is 377 g/mol. The van der Waals surface area contributed by atoms with Gasteiger partial charge in [0.2, 0.25) is 5.91 Å². The molecular formula is C21H24FN3O4. The number of benzene rings is 2. The molecule has 0 aliphatic carbocycles. The normalized spacial score (nSPS) is 16.3. The number of hydrogen-bond acceptors (Lipinski definition) is 5. The summed E-state index contributed by atoms with van der Waals surface area (Å²) in [6.07, 6.45) is 1.78. The molecule has 1 saturated heterocycles. The zero-order valence-corrected chi connectivity index (χ0v) is 16.4. The Labute approximate surface area is 168 Å². The first kappa shape index (κ1) is 20.6. The van der Waals surface area contributed by atoms with Crippen LogP contribution < -0.4 is 20.1 Å². The molecule has 0 radical (unpaired) electrons. The lowest BCUT2D eigenvalue weighted by atomic mass is 10.0. The zero-order valence-electron chi connectivity index (χ0n) is 16.4. The molecule has 3 rings (SSSR count). The number of amides is 3. The number of likely N-dealkylation sites (tertiary alicyclic amines) is 1. The highest BCUT2D eigenvalue weighted by molar-refractivity contribution is 6.01. The monoisotopic (exact) mass is 401 g/mol. The molecule has 154 valence electrons. The van der Waals surface area contributed by atoms with E-state index in [2.05, 4.69) is 10.6 Å². The molecule has 1 atom stereocenters. The van der Waals surface area contributed by atoms with Crippen LogP contribution in [0.15, 0.2) is 42.5 Å². The Morgan fingerprint density at radius 3 is 2.69 bits per heavy atom. The maximum Gasteiger partial charge on any atom is 0.326 e. The zero-order chi connectivity index (χ0) is 20.8. The van der Waals surface area contributed by atoms with E-state index >= 15 is 0 Å². The number of carbonyl (C=O) groups excluding carboxylic acids is 2. The van der Waals surface area contributed by atoms with Crippen molar-refractivity contribution >= 4 is 17.6 Å². The number of rotatable bonds is 6. The molecule has 8 heteroatoms. The molecule has 0 saturated carbocycles. The van der Waals surface area contributed by atoms with Gasteiger partial charge in [0.25, 0.3) is 0 Å². The molecule has 29 heavy (non-hydrogen) atoms. The number of hydrogen-bond donors (Lipinski definition) is 2. The van der Waals surface area contributed by atoms with Gasteiger partial charge in [-0.05, 0) is 49.7 Å². The summed E-state index contributed by atoms with van der Waals surface area (Å²) in [7, 11) is 3.20. The lowest BCUT2D eigenvalue weighted by Gasteiger charge is -2.25. The van der Waals surface area contributed by atoms with E-state index in [9.17, 15) is 14.0 Å². The topological polar surface area (TPSA) is 79.9 Å². The molecule has 1 heterocycles. The second kappa shape index (κ2) is 9.38. The van der Waals surface area contributed by atoms with E-state index in [1.807, 2.05) is 23.1 Å². The van der Waals surface area contributed by atoms with Gasteiger partial charge in [0, 0.05) is 11.6 Å². The van der Waals surface area contributed by atoms with Crippen molar-refractivity contribution in [1.82, 2.24) is 10.2 Å². The summed E-state index contributed by atoms with van der Waals surface area (Å²) in [6.45, 7) is 0.753. The van der Waals surface area contributed by atoms with Gasteiger partial charge in [-0.25, -0.2) is 9.18 Å². The van der Waals surface area contributed by atoms with E-state index in [0.29, 0.717) is 12.3 Å². The number of imide groups is 1. The summed E-state index contributed by atoms with van der Waals surface area (Å²) < 4.78 is 24.4. The lowest BCUT2D eigenvalue weighted by Crippen LogP contribution is -2.41. The van der Waals surface area contributed by atoms with Crippen LogP contribution in [-0.4, -0.2) is 44.1 Å². The lowest BCUT2D eigenvalue weighted by molar-refractivity contribution is -0.121. The fourth-order valence-corrected chi connectivity index (χ4v) is 3.53. The van der Waals surface area contributed by atoms with E-state index in [-0.39, 0.29) is 18.3 Å². The van der Waals surface area contributed by atoms with Crippen LogP contribution in [0.3, 0.4) is 0 Å². The summed E-state index contributed by atoms with van der Waals surface area (Å²) in [5, 5.41) is 4.59. The standard InChI is InChI=1S/C21H24FN3O4/c1-28-14-9-10-19(29-2)15(12-14)18-8-5-11-25(18)13-20(26)24-21(27)23-17-7-4-3-6-16(17)22/h3-4,6-7,9-10,12,18H,5,8,11,13H2,1-2H3,(H2,23,24,26,27)/t18-/m0/s1. The van der Waals surface area contributed by atoms with Crippen LogP contribution in [0.4, 0.5) is 14.9 Å². The van der Waals surface area contributed by atoms with Crippen LogP contribution in [-0.2, 0) is 4.79 Å². The molecule has 7 nitrogen and oxygen atoms in total. The summed E-state index contributed by atoms with van der Waals surface area (Å²) in [6, 6.07) is 10.5. The summed E-state index contributed by atoms with van der Waals surface area (Å²) in [5.74, 6) is 0.397. The van der Waals surface area contributed by atoms with Crippen molar-refractivity contribution in [3.63, 3.8) is 0 Å². The number of carbonyl (C=O) groups is 2. The Bertz CT molecular complexity index is 890.